The maximum Gasteiger partial charge on any atom is 0.182 e. The summed E-state index contributed by atoms with van der Waals surface area (Å²) in [5.74, 6) is 3.01. The minimum atomic E-state index is 0.585. The van der Waals surface area contributed by atoms with Crippen LogP contribution in [-0.2, 0) is 11.5 Å². The van der Waals surface area contributed by atoms with Crippen molar-refractivity contribution in [2.45, 2.75) is 11.5 Å². The van der Waals surface area contributed by atoms with E-state index in [0.29, 0.717) is 11.6 Å². The molecular weight excluding hydrogens is 258 g/mol. The molecule has 0 aliphatic carbocycles. The third kappa shape index (κ3) is 1.67. The van der Waals surface area contributed by atoms with Gasteiger partial charge in [-0.1, -0.05) is 6.07 Å². The number of nitrogens with zero attached hydrogens (tertiary/aromatic N) is 4. The lowest BCUT2D eigenvalue weighted by Gasteiger charge is -2.03. The van der Waals surface area contributed by atoms with Crippen LogP contribution >= 0.6 is 11.8 Å². The van der Waals surface area contributed by atoms with Crippen molar-refractivity contribution >= 4 is 23.2 Å². The SMILES string of the molecule is Nc1nc(-c2cn3ccccc3n2)nc2c1CSC2. The maximum atomic E-state index is 6.01. The van der Waals surface area contributed by atoms with E-state index in [9.17, 15) is 0 Å². The van der Waals surface area contributed by atoms with Crippen LogP contribution in [0.2, 0.25) is 0 Å². The van der Waals surface area contributed by atoms with Crippen LogP contribution in [0.25, 0.3) is 17.2 Å². The molecule has 6 heteroatoms. The molecule has 0 bridgehead atoms. The Balaban J connectivity index is 1.90. The van der Waals surface area contributed by atoms with Crippen LogP contribution < -0.4 is 5.73 Å². The molecule has 3 aromatic heterocycles. The van der Waals surface area contributed by atoms with E-state index in [1.54, 1.807) is 0 Å². The number of rotatable bonds is 1. The van der Waals surface area contributed by atoms with Gasteiger partial charge in [0.05, 0.1) is 5.69 Å². The van der Waals surface area contributed by atoms with E-state index < -0.39 is 0 Å². The molecule has 0 spiro atoms. The molecular formula is C13H11N5S. The summed E-state index contributed by atoms with van der Waals surface area (Å²) in [6, 6.07) is 5.88. The summed E-state index contributed by atoms with van der Waals surface area (Å²) in [7, 11) is 0. The Bertz CT molecular complexity index is 747. The Kier molecular flexibility index (Phi) is 2.25. The summed E-state index contributed by atoms with van der Waals surface area (Å²) in [5.41, 5.74) is 9.78. The Morgan fingerprint density at radius 3 is 3.00 bits per heavy atom. The first-order chi connectivity index (χ1) is 9.31. The van der Waals surface area contributed by atoms with Crippen molar-refractivity contribution in [1.82, 2.24) is 19.4 Å². The minimum Gasteiger partial charge on any atom is -0.383 e. The highest BCUT2D eigenvalue weighted by Crippen LogP contribution is 2.32. The number of anilines is 1. The van der Waals surface area contributed by atoms with E-state index in [-0.39, 0.29) is 0 Å². The largest absolute Gasteiger partial charge is 0.383 e. The lowest BCUT2D eigenvalue weighted by Crippen LogP contribution is -2.02. The zero-order valence-electron chi connectivity index (χ0n) is 10.1. The molecule has 0 fully saturated rings. The zero-order valence-corrected chi connectivity index (χ0v) is 10.9. The molecule has 94 valence electrons. The molecule has 0 unspecified atom stereocenters. The molecule has 2 N–H and O–H groups in total. The van der Waals surface area contributed by atoms with Gasteiger partial charge in [0.15, 0.2) is 5.82 Å². The number of fused-ring (bicyclic) bond motifs is 2. The van der Waals surface area contributed by atoms with Gasteiger partial charge in [0.25, 0.3) is 0 Å². The van der Waals surface area contributed by atoms with Gasteiger partial charge in [0.2, 0.25) is 0 Å². The Hall–Kier alpha value is -2.08. The monoisotopic (exact) mass is 269 g/mol. The van der Waals surface area contributed by atoms with Gasteiger partial charge in [-0.2, -0.15) is 11.8 Å². The van der Waals surface area contributed by atoms with Gasteiger partial charge in [-0.15, -0.1) is 0 Å². The molecule has 1 aliphatic heterocycles. The van der Waals surface area contributed by atoms with E-state index in [2.05, 4.69) is 15.0 Å². The van der Waals surface area contributed by atoms with Crippen molar-refractivity contribution in [3.63, 3.8) is 0 Å². The topological polar surface area (TPSA) is 69.1 Å². The quantitative estimate of drug-likeness (QED) is 0.732. The second kappa shape index (κ2) is 3.96. The highest BCUT2D eigenvalue weighted by atomic mass is 32.2. The van der Waals surface area contributed by atoms with Gasteiger partial charge in [-0.05, 0) is 12.1 Å². The van der Waals surface area contributed by atoms with Gasteiger partial charge < -0.3 is 10.1 Å². The Morgan fingerprint density at radius 2 is 2.11 bits per heavy atom. The first-order valence-electron chi connectivity index (χ1n) is 5.98. The van der Waals surface area contributed by atoms with Crippen LogP contribution in [-0.4, -0.2) is 19.4 Å². The highest BCUT2D eigenvalue weighted by molar-refractivity contribution is 7.98. The van der Waals surface area contributed by atoms with Crippen molar-refractivity contribution in [1.29, 1.82) is 0 Å². The maximum absolute atomic E-state index is 6.01. The molecule has 0 aromatic carbocycles. The normalized spacial score (nSPS) is 13.9. The lowest BCUT2D eigenvalue weighted by atomic mass is 10.2. The van der Waals surface area contributed by atoms with Gasteiger partial charge >= 0.3 is 0 Å². The second-order valence-electron chi connectivity index (χ2n) is 4.44. The number of hydrogen-bond donors (Lipinski definition) is 1. The van der Waals surface area contributed by atoms with E-state index in [1.807, 2.05) is 46.8 Å². The minimum absolute atomic E-state index is 0.585. The molecule has 1 aliphatic rings. The van der Waals surface area contributed by atoms with Crippen molar-refractivity contribution in [2.75, 3.05) is 5.73 Å². The average Bonchev–Trinajstić information content (AvgIpc) is 3.04. The third-order valence-electron chi connectivity index (χ3n) is 3.20. The predicted octanol–water partition coefficient (Wildman–Crippen LogP) is 2.12. The van der Waals surface area contributed by atoms with Gasteiger partial charge in [0, 0.05) is 29.5 Å². The van der Waals surface area contributed by atoms with E-state index >= 15 is 0 Å². The summed E-state index contributed by atoms with van der Waals surface area (Å²) >= 11 is 1.82. The van der Waals surface area contributed by atoms with Gasteiger partial charge in [-0.25, -0.2) is 15.0 Å². The molecule has 0 saturated heterocycles. The molecule has 0 atom stereocenters. The van der Waals surface area contributed by atoms with Crippen molar-refractivity contribution < 1.29 is 0 Å². The number of hydrogen-bond acceptors (Lipinski definition) is 5. The standard InChI is InChI=1S/C13H11N5S/c14-12-8-6-19-7-10(8)16-13(17-12)9-5-18-4-2-1-3-11(18)15-9/h1-5H,6-7H2,(H2,14,16,17). The van der Waals surface area contributed by atoms with Crippen LogP contribution in [0.5, 0.6) is 0 Å². The highest BCUT2D eigenvalue weighted by Gasteiger charge is 2.19. The fourth-order valence-electron chi connectivity index (χ4n) is 2.23. The Morgan fingerprint density at radius 1 is 1.16 bits per heavy atom. The summed E-state index contributed by atoms with van der Waals surface area (Å²) in [4.78, 5) is 13.5. The molecule has 3 aromatic rings. The predicted molar refractivity (Wildman–Crippen MR) is 75.6 cm³/mol. The molecule has 0 radical (unpaired) electrons. The lowest BCUT2D eigenvalue weighted by molar-refractivity contribution is 1.07. The van der Waals surface area contributed by atoms with Gasteiger partial charge in [0.1, 0.15) is 17.2 Å². The number of imidazole rings is 1. The van der Waals surface area contributed by atoms with Crippen LogP contribution in [0.4, 0.5) is 5.82 Å². The smallest absolute Gasteiger partial charge is 0.182 e. The zero-order chi connectivity index (χ0) is 12.8. The molecule has 5 nitrogen and oxygen atoms in total. The van der Waals surface area contributed by atoms with E-state index in [1.165, 1.54) is 0 Å². The van der Waals surface area contributed by atoms with Crippen molar-refractivity contribution in [3.8, 4) is 11.5 Å². The summed E-state index contributed by atoms with van der Waals surface area (Å²) in [5, 5.41) is 0. The first-order valence-corrected chi connectivity index (χ1v) is 7.14. The van der Waals surface area contributed by atoms with E-state index in [4.69, 9.17) is 5.73 Å². The molecule has 0 amide bonds. The molecule has 19 heavy (non-hydrogen) atoms. The number of pyridine rings is 1. The number of nitrogen functional groups attached to an aromatic ring is 1. The van der Waals surface area contributed by atoms with Crippen LogP contribution in [0.15, 0.2) is 30.6 Å². The summed E-state index contributed by atoms with van der Waals surface area (Å²) in [6.45, 7) is 0. The van der Waals surface area contributed by atoms with Gasteiger partial charge in [-0.3, -0.25) is 0 Å². The van der Waals surface area contributed by atoms with Crippen LogP contribution in [0, 0.1) is 0 Å². The van der Waals surface area contributed by atoms with Crippen molar-refractivity contribution in [3.05, 3.63) is 41.9 Å². The number of aromatic nitrogens is 4. The summed E-state index contributed by atoms with van der Waals surface area (Å²) < 4.78 is 1.96. The van der Waals surface area contributed by atoms with Crippen molar-refractivity contribution in [2.24, 2.45) is 0 Å². The number of nitrogens with two attached hydrogens (primary N) is 1. The Labute approximate surface area is 113 Å². The fourth-order valence-corrected chi connectivity index (χ4v) is 3.29. The first kappa shape index (κ1) is 10.8. The molecule has 4 rings (SSSR count). The van der Waals surface area contributed by atoms with Crippen LogP contribution in [0.1, 0.15) is 11.3 Å². The summed E-state index contributed by atoms with van der Waals surface area (Å²) in [6.07, 6.45) is 3.89. The molecule has 0 saturated carbocycles. The second-order valence-corrected chi connectivity index (χ2v) is 5.43. The van der Waals surface area contributed by atoms with Crippen LogP contribution in [0.3, 0.4) is 0 Å². The fraction of sp³-hybridized carbons (Fsp3) is 0.154. The third-order valence-corrected chi connectivity index (χ3v) is 4.17. The number of thioether (sulfide) groups is 1. The molecule has 4 heterocycles. The average molecular weight is 269 g/mol. The van der Waals surface area contributed by atoms with E-state index in [0.717, 1.165) is 34.1 Å².